The molecule has 1 heterocycles. The second-order valence-corrected chi connectivity index (χ2v) is 3.21. The Labute approximate surface area is 77.7 Å². The number of para-hydroxylation sites is 1. The Morgan fingerprint density at radius 3 is 2.54 bits per heavy atom. The van der Waals surface area contributed by atoms with Crippen molar-refractivity contribution in [1.29, 1.82) is 0 Å². The molecule has 1 aromatic carbocycles. The molecule has 0 saturated carbocycles. The van der Waals surface area contributed by atoms with Gasteiger partial charge in [-0.2, -0.15) is 0 Å². The maximum absolute atomic E-state index is 5.32. The molecule has 0 N–H and O–H groups in total. The van der Waals surface area contributed by atoms with Crippen molar-refractivity contribution in [3.8, 4) is 5.88 Å². The van der Waals surface area contributed by atoms with Crippen molar-refractivity contribution in [3.63, 3.8) is 0 Å². The Kier molecular flexibility index (Phi) is 1.76. The lowest BCUT2D eigenvalue weighted by atomic mass is 10.2. The van der Waals surface area contributed by atoms with Gasteiger partial charge in [0.15, 0.2) is 5.88 Å². The van der Waals surface area contributed by atoms with E-state index >= 15 is 0 Å². The standard InChI is InChI=1S/C11H13NO/c1-8-9-6-4-5-7-10(9)12(2)11(8)13-3/h4-7H,1-3H3. The number of ether oxygens (including phenoxy) is 1. The maximum atomic E-state index is 5.32. The van der Waals surface area contributed by atoms with Gasteiger partial charge < -0.3 is 9.30 Å². The molecule has 0 radical (unpaired) electrons. The van der Waals surface area contributed by atoms with Gasteiger partial charge in [0, 0.05) is 18.0 Å². The summed E-state index contributed by atoms with van der Waals surface area (Å²) in [6.45, 7) is 2.08. The van der Waals surface area contributed by atoms with Crippen molar-refractivity contribution in [2.75, 3.05) is 7.11 Å². The van der Waals surface area contributed by atoms with Gasteiger partial charge in [0.25, 0.3) is 0 Å². The summed E-state index contributed by atoms with van der Waals surface area (Å²) < 4.78 is 7.40. The van der Waals surface area contributed by atoms with Crippen molar-refractivity contribution in [3.05, 3.63) is 29.8 Å². The number of benzene rings is 1. The third kappa shape index (κ3) is 1.02. The van der Waals surface area contributed by atoms with Crippen molar-refractivity contribution < 1.29 is 4.74 Å². The van der Waals surface area contributed by atoms with E-state index in [0.717, 1.165) is 5.88 Å². The summed E-state index contributed by atoms with van der Waals surface area (Å²) in [5.74, 6) is 0.946. The fourth-order valence-electron chi connectivity index (χ4n) is 1.85. The summed E-state index contributed by atoms with van der Waals surface area (Å²) >= 11 is 0. The fourth-order valence-corrected chi connectivity index (χ4v) is 1.85. The Bertz CT molecular complexity index is 404. The van der Waals surface area contributed by atoms with E-state index in [-0.39, 0.29) is 0 Å². The van der Waals surface area contributed by atoms with Crippen LogP contribution in [0.25, 0.3) is 10.9 Å². The average Bonchev–Trinajstić information content (AvgIpc) is 2.41. The van der Waals surface area contributed by atoms with Gasteiger partial charge in [0.05, 0.1) is 12.6 Å². The predicted octanol–water partition coefficient (Wildman–Crippen LogP) is 2.50. The van der Waals surface area contributed by atoms with Gasteiger partial charge in [0.1, 0.15) is 0 Å². The SMILES string of the molecule is COc1c(C)c2ccccc2n1C. The van der Waals surface area contributed by atoms with Crippen LogP contribution in [0.3, 0.4) is 0 Å². The number of hydrogen-bond acceptors (Lipinski definition) is 1. The van der Waals surface area contributed by atoms with Crippen LogP contribution in [0.1, 0.15) is 5.56 Å². The molecule has 0 amide bonds. The van der Waals surface area contributed by atoms with E-state index in [4.69, 9.17) is 4.74 Å². The molecule has 0 aliphatic rings. The number of aryl methyl sites for hydroxylation is 2. The lowest BCUT2D eigenvalue weighted by molar-refractivity contribution is 0.381. The average molecular weight is 175 g/mol. The van der Waals surface area contributed by atoms with Gasteiger partial charge in [-0.25, -0.2) is 0 Å². The zero-order valence-corrected chi connectivity index (χ0v) is 8.16. The first-order valence-corrected chi connectivity index (χ1v) is 4.33. The Balaban J connectivity index is 2.88. The van der Waals surface area contributed by atoms with Crippen LogP contribution in [0, 0.1) is 6.92 Å². The molecule has 0 bridgehead atoms. The molecule has 2 rings (SSSR count). The highest BCUT2D eigenvalue weighted by molar-refractivity contribution is 5.86. The van der Waals surface area contributed by atoms with Crippen LogP contribution in [-0.2, 0) is 7.05 Å². The Morgan fingerprint density at radius 1 is 1.23 bits per heavy atom. The minimum Gasteiger partial charge on any atom is -0.482 e. The van der Waals surface area contributed by atoms with Crippen LogP contribution in [-0.4, -0.2) is 11.7 Å². The molecular weight excluding hydrogens is 162 g/mol. The van der Waals surface area contributed by atoms with Gasteiger partial charge in [0.2, 0.25) is 0 Å². The molecule has 0 atom stereocenters. The zero-order chi connectivity index (χ0) is 9.42. The molecule has 0 saturated heterocycles. The van der Waals surface area contributed by atoms with Gasteiger partial charge in [-0.3, -0.25) is 0 Å². The lowest BCUT2D eigenvalue weighted by Crippen LogP contribution is -1.93. The van der Waals surface area contributed by atoms with Crippen LogP contribution >= 0.6 is 0 Å². The van der Waals surface area contributed by atoms with Crippen LogP contribution in [0.15, 0.2) is 24.3 Å². The molecule has 1 aromatic heterocycles. The van der Waals surface area contributed by atoms with Crippen molar-refractivity contribution in [2.45, 2.75) is 6.92 Å². The van der Waals surface area contributed by atoms with Gasteiger partial charge >= 0.3 is 0 Å². The van der Waals surface area contributed by atoms with E-state index in [0.29, 0.717) is 0 Å². The highest BCUT2D eigenvalue weighted by atomic mass is 16.5. The minimum absolute atomic E-state index is 0.946. The van der Waals surface area contributed by atoms with E-state index in [2.05, 4.69) is 29.7 Å². The lowest BCUT2D eigenvalue weighted by Gasteiger charge is -2.02. The number of methoxy groups -OCH3 is 1. The summed E-state index contributed by atoms with van der Waals surface area (Å²) in [5, 5.41) is 1.27. The quantitative estimate of drug-likeness (QED) is 0.649. The Hall–Kier alpha value is -1.44. The van der Waals surface area contributed by atoms with Gasteiger partial charge in [-0.15, -0.1) is 0 Å². The predicted molar refractivity (Wildman–Crippen MR) is 54.2 cm³/mol. The first-order valence-electron chi connectivity index (χ1n) is 4.33. The van der Waals surface area contributed by atoms with Crippen molar-refractivity contribution >= 4 is 10.9 Å². The van der Waals surface area contributed by atoms with E-state index in [1.165, 1.54) is 16.5 Å². The molecule has 0 aliphatic carbocycles. The number of fused-ring (bicyclic) bond motifs is 1. The van der Waals surface area contributed by atoms with Gasteiger partial charge in [-0.1, -0.05) is 18.2 Å². The molecular formula is C11H13NO. The smallest absolute Gasteiger partial charge is 0.196 e. The first kappa shape index (κ1) is 8.17. The van der Waals surface area contributed by atoms with Crippen LogP contribution in [0.2, 0.25) is 0 Å². The van der Waals surface area contributed by atoms with E-state index in [1.807, 2.05) is 13.1 Å². The van der Waals surface area contributed by atoms with E-state index in [1.54, 1.807) is 7.11 Å². The summed E-state index contributed by atoms with van der Waals surface area (Å²) in [5.41, 5.74) is 2.43. The molecule has 0 aliphatic heterocycles. The molecule has 13 heavy (non-hydrogen) atoms. The molecule has 0 unspecified atom stereocenters. The van der Waals surface area contributed by atoms with Crippen LogP contribution in [0.4, 0.5) is 0 Å². The summed E-state index contributed by atoms with van der Waals surface area (Å²) in [7, 11) is 3.73. The maximum Gasteiger partial charge on any atom is 0.196 e. The van der Waals surface area contributed by atoms with Crippen molar-refractivity contribution in [1.82, 2.24) is 4.57 Å². The zero-order valence-electron chi connectivity index (χ0n) is 8.16. The van der Waals surface area contributed by atoms with E-state index < -0.39 is 0 Å². The summed E-state index contributed by atoms with van der Waals surface area (Å²) in [6, 6.07) is 8.31. The summed E-state index contributed by atoms with van der Waals surface area (Å²) in [6.07, 6.45) is 0. The van der Waals surface area contributed by atoms with E-state index in [9.17, 15) is 0 Å². The minimum atomic E-state index is 0.946. The van der Waals surface area contributed by atoms with Crippen LogP contribution in [0.5, 0.6) is 5.88 Å². The third-order valence-electron chi connectivity index (χ3n) is 2.49. The highest BCUT2D eigenvalue weighted by Gasteiger charge is 2.10. The number of aromatic nitrogens is 1. The topological polar surface area (TPSA) is 14.2 Å². The number of rotatable bonds is 1. The first-order chi connectivity index (χ1) is 6.25. The normalized spacial score (nSPS) is 10.7. The summed E-state index contributed by atoms with van der Waals surface area (Å²) in [4.78, 5) is 0. The van der Waals surface area contributed by atoms with Crippen molar-refractivity contribution in [2.24, 2.45) is 7.05 Å². The molecule has 2 heteroatoms. The molecule has 0 fully saturated rings. The fraction of sp³-hybridized carbons (Fsp3) is 0.273. The van der Waals surface area contributed by atoms with Crippen LogP contribution < -0.4 is 4.74 Å². The number of nitrogens with zero attached hydrogens (tertiary/aromatic N) is 1. The highest BCUT2D eigenvalue weighted by Crippen LogP contribution is 2.29. The largest absolute Gasteiger partial charge is 0.482 e. The number of hydrogen-bond donors (Lipinski definition) is 0. The molecule has 2 nitrogen and oxygen atoms in total. The Morgan fingerprint density at radius 2 is 1.92 bits per heavy atom. The second-order valence-electron chi connectivity index (χ2n) is 3.21. The second kappa shape index (κ2) is 2.80. The van der Waals surface area contributed by atoms with Gasteiger partial charge in [-0.05, 0) is 13.0 Å². The third-order valence-corrected chi connectivity index (χ3v) is 2.49. The molecule has 68 valence electrons. The monoisotopic (exact) mass is 175 g/mol. The molecule has 0 spiro atoms. The molecule has 2 aromatic rings.